The van der Waals surface area contributed by atoms with E-state index in [1.807, 2.05) is 30.3 Å². The number of nitrogens with one attached hydrogen (secondary N) is 1. The van der Waals surface area contributed by atoms with Gasteiger partial charge in [0.25, 0.3) is 11.6 Å². The maximum Gasteiger partial charge on any atom is 0.468 e. The third-order valence-corrected chi connectivity index (χ3v) is 8.18. The van der Waals surface area contributed by atoms with Crippen molar-refractivity contribution >= 4 is 29.6 Å². The number of carbonyl (C=O) groups is 4. The fourth-order valence-electron chi connectivity index (χ4n) is 5.66. The van der Waals surface area contributed by atoms with Crippen LogP contribution in [-0.4, -0.2) is 78.7 Å². The van der Waals surface area contributed by atoms with Gasteiger partial charge in [-0.3, -0.25) is 19.8 Å². The molecule has 3 atom stereocenters. The van der Waals surface area contributed by atoms with Crippen molar-refractivity contribution in [2.75, 3.05) is 26.8 Å². The van der Waals surface area contributed by atoms with Gasteiger partial charge in [-0.05, 0) is 68.9 Å². The molecule has 2 heterocycles. The lowest BCUT2D eigenvalue weighted by atomic mass is 10.1. The third-order valence-electron chi connectivity index (χ3n) is 8.18. The zero-order chi connectivity index (χ0) is 33.8. The van der Waals surface area contributed by atoms with Gasteiger partial charge in [0, 0.05) is 18.7 Å². The number of amides is 3. The van der Waals surface area contributed by atoms with Crippen LogP contribution >= 0.6 is 0 Å². The number of carbonyl (C=O) groups excluding carboxylic acids is 4. The Balaban J connectivity index is 1.61. The Bertz CT molecular complexity index is 1430. The highest BCUT2D eigenvalue weighted by Gasteiger charge is 2.53. The monoisotopic (exact) mass is 650 g/mol. The van der Waals surface area contributed by atoms with E-state index in [4.69, 9.17) is 14.2 Å². The number of urea groups is 1. The number of allylic oxidation sites excluding steroid dienone is 2. The van der Waals surface area contributed by atoms with Crippen LogP contribution in [0.3, 0.4) is 0 Å². The van der Waals surface area contributed by atoms with Crippen LogP contribution in [0.5, 0.6) is 5.75 Å². The van der Waals surface area contributed by atoms with Crippen molar-refractivity contribution in [3.05, 3.63) is 81.9 Å². The molecular weight excluding hydrogens is 608 g/mol. The topological polar surface area (TPSA) is 160 Å². The minimum absolute atomic E-state index is 0.00210. The molecule has 13 heteroatoms. The molecule has 1 fully saturated rings. The summed E-state index contributed by atoms with van der Waals surface area (Å²) in [4.78, 5) is 67.5. The summed E-state index contributed by atoms with van der Waals surface area (Å²) >= 11 is 0. The fourth-order valence-corrected chi connectivity index (χ4v) is 5.66. The molecule has 47 heavy (non-hydrogen) atoms. The quantitative estimate of drug-likeness (QED) is 0.141. The molecule has 0 bridgehead atoms. The largest absolute Gasteiger partial charge is 0.497 e. The molecule has 13 nitrogen and oxygen atoms in total. The number of rotatable bonds is 8. The van der Waals surface area contributed by atoms with Gasteiger partial charge in [-0.2, -0.15) is 0 Å². The predicted octanol–water partition coefficient (Wildman–Crippen LogP) is 4.62. The molecule has 0 saturated carbocycles. The molecule has 2 aromatic rings. The van der Waals surface area contributed by atoms with Gasteiger partial charge in [0.05, 0.1) is 37.2 Å². The second-order valence-electron chi connectivity index (χ2n) is 11.5. The Morgan fingerprint density at radius 2 is 1.74 bits per heavy atom. The summed E-state index contributed by atoms with van der Waals surface area (Å²) in [5.74, 6) is -1.16. The van der Waals surface area contributed by atoms with Gasteiger partial charge < -0.3 is 19.5 Å². The number of benzene rings is 2. The Kier molecular flexibility index (Phi) is 12.9. The summed E-state index contributed by atoms with van der Waals surface area (Å²) in [7, 11) is 1.58. The SMILES string of the molecule is CCOC(=O)C1CCC=CCCCCCN(Cc2ccc(OC)cc2)C(=O)[N+]2CC(OC(=O)c3ccc([N+](=O)[O-])cc3)CC2C(=O)N1. The normalized spacial score (nSPS) is 21.4. The third kappa shape index (κ3) is 9.85. The van der Waals surface area contributed by atoms with Gasteiger partial charge >= 0.3 is 18.0 Å². The van der Waals surface area contributed by atoms with Gasteiger partial charge in [0.2, 0.25) is 6.04 Å². The molecule has 3 unspecified atom stereocenters. The smallest absolute Gasteiger partial charge is 0.468 e. The highest BCUT2D eigenvalue weighted by Crippen LogP contribution is 2.24. The van der Waals surface area contributed by atoms with E-state index in [1.165, 1.54) is 29.2 Å². The lowest BCUT2D eigenvalue weighted by Crippen LogP contribution is -2.56. The molecule has 2 aliphatic rings. The summed E-state index contributed by atoms with van der Waals surface area (Å²) < 4.78 is 16.2. The molecule has 251 valence electrons. The van der Waals surface area contributed by atoms with Gasteiger partial charge in [-0.25, -0.2) is 14.4 Å². The summed E-state index contributed by atoms with van der Waals surface area (Å²) in [6, 6.07) is 10.0. The molecule has 1 N–H and O–H groups in total. The van der Waals surface area contributed by atoms with Gasteiger partial charge in [0.15, 0.2) is 12.6 Å². The molecule has 0 aromatic heterocycles. The van der Waals surface area contributed by atoms with Crippen molar-refractivity contribution in [3.8, 4) is 5.75 Å². The second-order valence-corrected chi connectivity index (χ2v) is 11.5. The van der Waals surface area contributed by atoms with Crippen LogP contribution < -0.4 is 15.0 Å². The summed E-state index contributed by atoms with van der Waals surface area (Å²) in [5.41, 5.74) is 0.804. The van der Waals surface area contributed by atoms with E-state index in [9.17, 15) is 29.3 Å². The van der Waals surface area contributed by atoms with E-state index in [0.717, 1.165) is 31.2 Å². The summed E-state index contributed by atoms with van der Waals surface area (Å²) in [5, 5.41) is 13.8. The van der Waals surface area contributed by atoms with Crippen LogP contribution in [0.2, 0.25) is 0 Å². The molecule has 4 rings (SSSR count). The van der Waals surface area contributed by atoms with Crippen molar-refractivity contribution in [2.24, 2.45) is 0 Å². The lowest BCUT2D eigenvalue weighted by molar-refractivity contribution is -0.384. The zero-order valence-electron chi connectivity index (χ0n) is 26.8. The first-order chi connectivity index (χ1) is 22.7. The number of nitrogens with zero attached hydrogens (tertiary/aromatic N) is 3. The van der Waals surface area contributed by atoms with Crippen molar-refractivity contribution in [2.45, 2.75) is 76.6 Å². The molecule has 1 radical (unpaired) electrons. The Morgan fingerprint density at radius 3 is 2.43 bits per heavy atom. The highest BCUT2D eigenvalue weighted by molar-refractivity contribution is 5.93. The van der Waals surface area contributed by atoms with Crippen LogP contribution in [-0.2, 0) is 25.6 Å². The maximum absolute atomic E-state index is 14.3. The Labute approximate surface area is 274 Å². The Hall–Kier alpha value is -4.78. The average Bonchev–Trinajstić information content (AvgIpc) is 3.49. The minimum Gasteiger partial charge on any atom is -0.497 e. The predicted molar refractivity (Wildman–Crippen MR) is 172 cm³/mol. The molecular formula is C34H42N4O9+. The van der Waals surface area contributed by atoms with Gasteiger partial charge in [-0.1, -0.05) is 35.6 Å². The van der Waals surface area contributed by atoms with Crippen molar-refractivity contribution in [1.29, 1.82) is 0 Å². The molecule has 3 amide bonds. The van der Waals surface area contributed by atoms with E-state index < -0.39 is 47.0 Å². The number of fused-ring (bicyclic) bond motifs is 1. The molecule has 2 aromatic carbocycles. The van der Waals surface area contributed by atoms with E-state index >= 15 is 0 Å². The van der Waals surface area contributed by atoms with Crippen LogP contribution in [0.1, 0.15) is 67.8 Å². The number of ether oxygens (including phenoxy) is 3. The first-order valence-electron chi connectivity index (χ1n) is 16.0. The molecule has 0 aliphatic carbocycles. The van der Waals surface area contributed by atoms with Crippen molar-refractivity contribution in [1.82, 2.24) is 15.1 Å². The minimum atomic E-state index is -1.03. The molecule has 1 saturated heterocycles. The Morgan fingerprint density at radius 1 is 1.02 bits per heavy atom. The highest BCUT2D eigenvalue weighted by atomic mass is 16.6. The van der Waals surface area contributed by atoms with Crippen molar-refractivity contribution < 1.29 is 38.3 Å². The summed E-state index contributed by atoms with van der Waals surface area (Å²) in [6.07, 6.45) is 7.55. The van der Waals surface area contributed by atoms with E-state index in [2.05, 4.69) is 11.4 Å². The van der Waals surface area contributed by atoms with Crippen LogP contribution in [0.4, 0.5) is 10.5 Å². The maximum atomic E-state index is 14.3. The van der Waals surface area contributed by atoms with Crippen LogP contribution in [0.15, 0.2) is 60.7 Å². The van der Waals surface area contributed by atoms with Gasteiger partial charge in [0.1, 0.15) is 11.8 Å². The van der Waals surface area contributed by atoms with E-state index in [-0.39, 0.29) is 37.4 Å². The number of nitro benzene ring substituents is 1. The lowest BCUT2D eigenvalue weighted by Gasteiger charge is -2.24. The van der Waals surface area contributed by atoms with Crippen molar-refractivity contribution in [3.63, 3.8) is 0 Å². The van der Waals surface area contributed by atoms with E-state index in [0.29, 0.717) is 25.1 Å². The molecule has 2 aliphatic heterocycles. The second kappa shape index (κ2) is 17.2. The number of esters is 2. The first-order valence-corrected chi connectivity index (χ1v) is 16.0. The average molecular weight is 651 g/mol. The standard InChI is InChI=1S/C34H42N4O9/c1-3-46-33(41)29-11-9-7-5-4-6-8-10-20-36(22-24-12-18-27(45-2)19-13-24)34(42)37-23-28(21-30(37)31(39)35-29)47-32(40)25-14-16-26(17-15-25)38(43)44/h5,7,12-19,28-30H,3-4,6,8-11,20-23H2,1-2H3,(H,35,39)/q+1. The van der Waals surface area contributed by atoms with Crippen LogP contribution in [0.25, 0.3) is 0 Å². The molecule has 0 spiro atoms. The van der Waals surface area contributed by atoms with Gasteiger partial charge in [-0.15, -0.1) is 0 Å². The summed E-state index contributed by atoms with van der Waals surface area (Å²) in [6.45, 7) is 2.51. The van der Waals surface area contributed by atoms with E-state index in [1.54, 1.807) is 18.9 Å². The number of hydrogen-bond acceptors (Lipinski definition) is 9. The number of nitro groups is 1. The van der Waals surface area contributed by atoms with Crippen LogP contribution in [0, 0.1) is 10.1 Å². The fraction of sp³-hybridized carbons (Fsp3) is 0.471. The first kappa shape index (κ1) is 35.1. The number of hydrogen-bond donors (Lipinski definition) is 1. The zero-order valence-corrected chi connectivity index (χ0v) is 26.8. The number of non-ortho nitro benzene ring substituents is 1. The number of methoxy groups -OCH3 is 1.